The largest absolute Gasteiger partial charge is 0.294 e. The molecule has 28 heavy (non-hydrogen) atoms. The molecule has 0 amide bonds. The number of benzene rings is 3. The van der Waals surface area contributed by atoms with Crippen LogP contribution >= 0.6 is 0 Å². The lowest BCUT2D eigenvalue weighted by atomic mass is 9.80. The number of ketones is 1. The molecule has 0 bridgehead atoms. The number of hydrogen-bond acceptors (Lipinski definition) is 1. The number of fused-ring (bicyclic) bond motifs is 1. The average Bonchev–Trinajstić information content (AvgIpc) is 2.66. The summed E-state index contributed by atoms with van der Waals surface area (Å²) in [5.41, 5.74) is 7.10. The third-order valence-electron chi connectivity index (χ3n) is 5.91. The van der Waals surface area contributed by atoms with Gasteiger partial charge in [0.05, 0.1) is 0 Å². The highest BCUT2D eigenvalue weighted by atomic mass is 16.1. The molecule has 0 saturated heterocycles. The van der Waals surface area contributed by atoms with Crippen molar-refractivity contribution in [2.24, 2.45) is 5.92 Å². The average molecular weight is 371 g/mol. The molecule has 1 unspecified atom stereocenters. The number of hydrogen-bond donors (Lipinski definition) is 0. The van der Waals surface area contributed by atoms with Crippen molar-refractivity contribution in [1.82, 2.24) is 0 Å². The maximum atomic E-state index is 12.0. The fourth-order valence-corrected chi connectivity index (χ4v) is 4.02. The first-order chi connectivity index (χ1) is 13.3. The van der Waals surface area contributed by atoms with Crippen molar-refractivity contribution in [2.45, 2.75) is 47.0 Å². The van der Waals surface area contributed by atoms with E-state index >= 15 is 0 Å². The Morgan fingerprint density at radius 3 is 2.07 bits per heavy atom. The monoisotopic (exact) mass is 370 g/mol. The Bertz CT molecular complexity index is 1040. The highest BCUT2D eigenvalue weighted by Gasteiger charge is 2.20. The number of Topliss-reactive ketones (excluding diaryl/α,β-unsaturated/α-hetero) is 1. The lowest BCUT2D eigenvalue weighted by Gasteiger charge is -2.24. The molecule has 1 heteroatoms. The zero-order valence-electron chi connectivity index (χ0n) is 17.7. The van der Waals surface area contributed by atoms with Crippen LogP contribution in [0.15, 0.2) is 61.2 Å². The minimum Gasteiger partial charge on any atom is -0.294 e. The number of allylic oxidation sites excluding steroid dienone is 1. The van der Waals surface area contributed by atoms with Gasteiger partial charge in [0.15, 0.2) is 5.78 Å². The Labute approximate surface area is 169 Å². The van der Waals surface area contributed by atoms with Crippen LogP contribution in [0, 0.1) is 19.8 Å². The van der Waals surface area contributed by atoms with Crippen LogP contribution in [0.3, 0.4) is 0 Å². The Morgan fingerprint density at radius 1 is 0.893 bits per heavy atom. The van der Waals surface area contributed by atoms with Gasteiger partial charge in [-0.25, -0.2) is 0 Å². The van der Waals surface area contributed by atoms with Gasteiger partial charge in [-0.2, -0.15) is 0 Å². The summed E-state index contributed by atoms with van der Waals surface area (Å²) in [4.78, 5) is 12.0. The Morgan fingerprint density at radius 2 is 1.50 bits per heavy atom. The van der Waals surface area contributed by atoms with Crippen molar-refractivity contribution in [1.29, 1.82) is 0 Å². The Kier molecular flexibility index (Phi) is 5.84. The smallest absolute Gasteiger partial charge is 0.160 e. The predicted molar refractivity (Wildman–Crippen MR) is 121 cm³/mol. The molecule has 1 nitrogen and oxygen atoms in total. The highest BCUT2D eigenvalue weighted by molar-refractivity contribution is 6.09. The van der Waals surface area contributed by atoms with Gasteiger partial charge >= 0.3 is 0 Å². The summed E-state index contributed by atoms with van der Waals surface area (Å²) < 4.78 is 0. The molecule has 1 atom stereocenters. The number of carbonyl (C=O) groups excluding carboxylic acids is 1. The number of rotatable bonds is 6. The van der Waals surface area contributed by atoms with E-state index in [9.17, 15) is 4.79 Å². The molecule has 0 heterocycles. The second kappa shape index (κ2) is 8.14. The molecule has 0 aromatic heterocycles. The van der Waals surface area contributed by atoms with Crippen LogP contribution in [0.4, 0.5) is 0 Å². The highest BCUT2D eigenvalue weighted by Crippen LogP contribution is 2.37. The van der Waals surface area contributed by atoms with Gasteiger partial charge in [0.2, 0.25) is 0 Å². The first-order valence-electron chi connectivity index (χ1n) is 10.1. The normalized spacial score (nSPS) is 12.4. The Hall–Kier alpha value is -2.67. The minimum absolute atomic E-state index is 0.101. The topological polar surface area (TPSA) is 17.1 Å². The molecule has 144 valence electrons. The zero-order chi connectivity index (χ0) is 20.4. The van der Waals surface area contributed by atoms with Gasteiger partial charge in [-0.1, -0.05) is 75.0 Å². The van der Waals surface area contributed by atoms with Crippen LogP contribution in [0.2, 0.25) is 0 Å². The number of carbonyl (C=O) groups is 1. The summed E-state index contributed by atoms with van der Waals surface area (Å²) in [6.07, 6.45) is 0.906. The molecular formula is C27H30O. The summed E-state index contributed by atoms with van der Waals surface area (Å²) in [5, 5.41) is 2.13. The summed E-state index contributed by atoms with van der Waals surface area (Å²) in [6.45, 7) is 15.0. The summed E-state index contributed by atoms with van der Waals surface area (Å²) in [5.74, 6) is 1.03. The molecule has 0 spiro atoms. The standard InChI is InChI=1S/C27H30O/c1-17(2)27(22-12-11-18(3)19(4)15-22)16-20(5)23-13-14-24(21(6)28)26-10-8-7-9-25(23)26/h7-15,17,27H,5,16H2,1-4,6H3. The van der Waals surface area contributed by atoms with Crippen molar-refractivity contribution < 1.29 is 4.79 Å². The van der Waals surface area contributed by atoms with Crippen molar-refractivity contribution in [3.8, 4) is 0 Å². The molecule has 0 aliphatic carbocycles. The quantitative estimate of drug-likeness (QED) is 0.410. The minimum atomic E-state index is 0.101. The second-order valence-electron chi connectivity index (χ2n) is 8.26. The van der Waals surface area contributed by atoms with E-state index < -0.39 is 0 Å². The van der Waals surface area contributed by atoms with E-state index in [1.807, 2.05) is 24.3 Å². The predicted octanol–water partition coefficient (Wildman–Crippen LogP) is 7.50. The fraction of sp³-hybridized carbons (Fsp3) is 0.296. The van der Waals surface area contributed by atoms with E-state index in [0.717, 1.165) is 33.9 Å². The third-order valence-corrected chi connectivity index (χ3v) is 5.91. The van der Waals surface area contributed by atoms with Crippen LogP contribution in [0.5, 0.6) is 0 Å². The van der Waals surface area contributed by atoms with Crippen molar-refractivity contribution in [2.75, 3.05) is 0 Å². The van der Waals surface area contributed by atoms with E-state index in [-0.39, 0.29) is 5.78 Å². The van der Waals surface area contributed by atoms with Gasteiger partial charge in [0.25, 0.3) is 0 Å². The lowest BCUT2D eigenvalue weighted by Crippen LogP contribution is -2.08. The molecule has 3 aromatic rings. The molecule has 3 aromatic carbocycles. The molecule has 3 rings (SSSR count). The maximum Gasteiger partial charge on any atom is 0.160 e. The Balaban J connectivity index is 2.00. The molecule has 0 saturated carbocycles. The fourth-order valence-electron chi connectivity index (χ4n) is 4.02. The van der Waals surface area contributed by atoms with Crippen LogP contribution in [0.25, 0.3) is 16.3 Å². The lowest BCUT2D eigenvalue weighted by molar-refractivity contribution is 0.101. The van der Waals surface area contributed by atoms with Gasteiger partial charge in [0.1, 0.15) is 0 Å². The van der Waals surface area contributed by atoms with E-state index in [1.54, 1.807) is 6.92 Å². The summed E-state index contributed by atoms with van der Waals surface area (Å²) >= 11 is 0. The van der Waals surface area contributed by atoms with E-state index in [4.69, 9.17) is 0 Å². The van der Waals surface area contributed by atoms with Crippen molar-refractivity contribution >= 4 is 22.1 Å². The molecule has 0 aliphatic heterocycles. The van der Waals surface area contributed by atoms with Gasteiger partial charge in [-0.05, 0) is 77.6 Å². The van der Waals surface area contributed by atoms with Gasteiger partial charge in [-0.3, -0.25) is 4.79 Å². The molecule has 0 radical (unpaired) electrons. The van der Waals surface area contributed by atoms with Crippen LogP contribution in [0.1, 0.15) is 65.7 Å². The van der Waals surface area contributed by atoms with E-state index in [1.165, 1.54) is 16.7 Å². The number of aryl methyl sites for hydroxylation is 2. The first-order valence-corrected chi connectivity index (χ1v) is 10.1. The molecule has 0 N–H and O–H groups in total. The maximum absolute atomic E-state index is 12.0. The van der Waals surface area contributed by atoms with Crippen molar-refractivity contribution in [3.63, 3.8) is 0 Å². The van der Waals surface area contributed by atoms with Crippen LogP contribution < -0.4 is 0 Å². The molecule has 0 fully saturated rings. The van der Waals surface area contributed by atoms with Gasteiger partial charge in [-0.15, -0.1) is 0 Å². The van der Waals surface area contributed by atoms with Gasteiger partial charge < -0.3 is 0 Å². The van der Waals surface area contributed by atoms with Crippen molar-refractivity contribution in [3.05, 3.63) is 89.0 Å². The second-order valence-corrected chi connectivity index (χ2v) is 8.26. The SMILES string of the molecule is C=C(CC(c1ccc(C)c(C)c1)C(C)C)c1ccc(C(C)=O)c2ccccc12. The first kappa shape index (κ1) is 20.1. The zero-order valence-corrected chi connectivity index (χ0v) is 17.7. The van der Waals surface area contributed by atoms with E-state index in [0.29, 0.717) is 11.8 Å². The third kappa shape index (κ3) is 3.94. The summed E-state index contributed by atoms with van der Waals surface area (Å²) in [7, 11) is 0. The van der Waals surface area contributed by atoms with Crippen LogP contribution in [-0.2, 0) is 0 Å². The van der Waals surface area contributed by atoms with E-state index in [2.05, 4.69) is 64.6 Å². The molecule has 0 aliphatic rings. The van der Waals surface area contributed by atoms with Crippen LogP contribution in [-0.4, -0.2) is 5.78 Å². The summed E-state index contributed by atoms with van der Waals surface area (Å²) in [6, 6.07) is 19.0. The molecular weight excluding hydrogens is 340 g/mol. The van der Waals surface area contributed by atoms with Gasteiger partial charge in [0, 0.05) is 5.56 Å².